The summed E-state index contributed by atoms with van der Waals surface area (Å²) in [5.74, 6) is 1.55. The van der Waals surface area contributed by atoms with Gasteiger partial charge >= 0.3 is 0 Å². The van der Waals surface area contributed by atoms with Gasteiger partial charge in [-0.3, -0.25) is 14.4 Å². The highest BCUT2D eigenvalue weighted by Gasteiger charge is 2.35. The van der Waals surface area contributed by atoms with Crippen LogP contribution in [0.5, 0.6) is 11.5 Å². The summed E-state index contributed by atoms with van der Waals surface area (Å²) in [6, 6.07) is 13.1. The molecule has 2 fully saturated rings. The monoisotopic (exact) mass is 654 g/mol. The summed E-state index contributed by atoms with van der Waals surface area (Å²) in [6.45, 7) is 13.6. The molecular weight excluding hydrogens is 611 g/mol. The van der Waals surface area contributed by atoms with E-state index in [4.69, 9.17) is 19.2 Å². The highest BCUT2D eigenvalue weighted by molar-refractivity contribution is 5.89. The Labute approximate surface area is 281 Å². The van der Waals surface area contributed by atoms with Crippen LogP contribution >= 0.6 is 0 Å². The Morgan fingerprint density at radius 2 is 1.67 bits per heavy atom. The van der Waals surface area contributed by atoms with Gasteiger partial charge in [-0.25, -0.2) is 9.37 Å². The van der Waals surface area contributed by atoms with Crippen LogP contribution < -0.4 is 14.4 Å². The van der Waals surface area contributed by atoms with Gasteiger partial charge in [-0.1, -0.05) is 26.5 Å². The van der Waals surface area contributed by atoms with Crippen LogP contribution in [-0.2, 0) is 16.6 Å². The number of carbonyl (C=O) groups is 1. The molecule has 11 heteroatoms. The molecule has 8 rings (SSSR count). The highest BCUT2D eigenvalue weighted by atomic mass is 19.1. The van der Waals surface area contributed by atoms with Crippen LogP contribution in [0, 0.1) is 5.82 Å². The quantitative estimate of drug-likeness (QED) is 0.217. The highest BCUT2D eigenvalue weighted by Crippen LogP contribution is 2.41. The lowest BCUT2D eigenvalue weighted by Crippen LogP contribution is -2.64. The second kappa shape index (κ2) is 15.0. The average molecular weight is 655 g/mol. The Bertz CT molecular complexity index is 1790. The molecule has 0 atom stereocenters. The van der Waals surface area contributed by atoms with Crippen molar-refractivity contribution >= 4 is 22.6 Å². The summed E-state index contributed by atoms with van der Waals surface area (Å²) >= 11 is 0. The number of fused-ring (bicyclic) bond motifs is 10. The number of amides is 1. The summed E-state index contributed by atoms with van der Waals surface area (Å²) in [4.78, 5) is 23.8. The number of benzene rings is 2. The molecule has 2 aromatic carbocycles. The molecule has 4 aliphatic heterocycles. The normalized spacial score (nSPS) is 17.9. The number of nitrogens with zero attached hydrogens (tertiary/aromatic N) is 6. The third-order valence-corrected chi connectivity index (χ3v) is 8.91. The van der Waals surface area contributed by atoms with Crippen molar-refractivity contribution in [1.82, 2.24) is 24.6 Å². The van der Waals surface area contributed by atoms with Crippen LogP contribution in [-0.4, -0.2) is 102 Å². The summed E-state index contributed by atoms with van der Waals surface area (Å²) < 4.78 is 34.5. The van der Waals surface area contributed by atoms with Crippen molar-refractivity contribution in [2.45, 2.75) is 19.9 Å². The first-order chi connectivity index (χ1) is 23.5. The first-order valence-corrected chi connectivity index (χ1v) is 16.6. The molecule has 2 bridgehead atoms. The molecule has 6 heterocycles. The lowest BCUT2D eigenvalue weighted by Gasteiger charge is -2.48. The van der Waals surface area contributed by atoms with E-state index in [1.54, 1.807) is 6.07 Å². The van der Waals surface area contributed by atoms with Gasteiger partial charge in [-0.2, -0.15) is 5.10 Å². The molecule has 0 aliphatic carbocycles. The van der Waals surface area contributed by atoms with Gasteiger partial charge in [0.2, 0.25) is 5.91 Å². The zero-order valence-corrected chi connectivity index (χ0v) is 27.9. The minimum absolute atomic E-state index is 0.0186. The molecule has 2 aromatic heterocycles. The molecular formula is C37H43FN6O4. The van der Waals surface area contributed by atoms with Crippen molar-refractivity contribution < 1.29 is 23.4 Å². The van der Waals surface area contributed by atoms with Gasteiger partial charge in [0.1, 0.15) is 36.3 Å². The minimum atomic E-state index is -0.371. The van der Waals surface area contributed by atoms with Gasteiger partial charge in [-0.05, 0) is 42.5 Å². The van der Waals surface area contributed by atoms with Gasteiger partial charge in [0, 0.05) is 86.6 Å². The number of rotatable bonds is 3. The smallest absolute Gasteiger partial charge is 0.246 e. The third-order valence-electron chi connectivity index (χ3n) is 8.91. The molecule has 252 valence electrons. The molecule has 0 radical (unpaired) electrons. The van der Waals surface area contributed by atoms with E-state index < -0.39 is 0 Å². The number of ether oxygens (including phenoxy) is 3. The molecule has 10 nitrogen and oxygen atoms in total. The number of carbonyl (C=O) groups excluding carboxylic acids is 1. The number of likely N-dealkylation sites (tertiary alicyclic amines) is 1. The minimum Gasteiger partial charge on any atom is -0.490 e. The number of pyridine rings is 1. The van der Waals surface area contributed by atoms with E-state index in [-0.39, 0.29) is 18.3 Å². The Balaban J connectivity index is 0.00000197. The predicted octanol–water partition coefficient (Wildman–Crippen LogP) is 5.33. The molecule has 0 saturated carbocycles. The SMILES string of the molecule is C=CC(=O)N1CC(N2CCN(c3nc4ccc3-c3ccc(F)cc3OCCOC/C=C/COc3cc5c(cnn5C)cc3-4)CC2)C1.CC. The van der Waals surface area contributed by atoms with Crippen molar-refractivity contribution in [3.05, 3.63) is 79.3 Å². The van der Waals surface area contributed by atoms with E-state index in [0.29, 0.717) is 37.4 Å². The Kier molecular flexibility index (Phi) is 10.4. The molecule has 4 aromatic rings. The van der Waals surface area contributed by atoms with E-state index in [0.717, 1.165) is 78.4 Å². The van der Waals surface area contributed by atoms with Crippen LogP contribution in [0.2, 0.25) is 0 Å². The van der Waals surface area contributed by atoms with Crippen molar-refractivity contribution in [2.24, 2.45) is 7.05 Å². The fourth-order valence-corrected chi connectivity index (χ4v) is 6.32. The molecule has 2 saturated heterocycles. The van der Waals surface area contributed by atoms with Crippen LogP contribution in [0.15, 0.2) is 73.5 Å². The zero-order chi connectivity index (χ0) is 33.6. The Morgan fingerprint density at radius 3 is 2.46 bits per heavy atom. The summed E-state index contributed by atoms with van der Waals surface area (Å²) in [7, 11) is 1.91. The zero-order valence-electron chi connectivity index (χ0n) is 27.9. The van der Waals surface area contributed by atoms with E-state index >= 15 is 0 Å². The maximum absolute atomic E-state index is 14.5. The van der Waals surface area contributed by atoms with Gasteiger partial charge in [-0.15, -0.1) is 0 Å². The third kappa shape index (κ3) is 6.93. The largest absolute Gasteiger partial charge is 0.490 e. The first kappa shape index (κ1) is 33.2. The van der Waals surface area contributed by atoms with E-state index in [9.17, 15) is 9.18 Å². The number of piperazine rings is 1. The van der Waals surface area contributed by atoms with Gasteiger partial charge < -0.3 is 24.0 Å². The standard InChI is InChI=1S/C35H37FN6O4.C2H6/c1-3-34(43)42-22-26(23-42)40-10-12-41(13-11-40)35-28-8-9-30(38-35)29-18-24-21-37-39(2)31(24)20-33(29)45-15-5-4-14-44-16-17-46-32-19-25(36)6-7-27(28)32;1-2/h3-9,18-21,26H,1,10-17,22-23H2,2H3;1-2H3/b5-4+;. The fourth-order valence-electron chi connectivity index (χ4n) is 6.32. The van der Waals surface area contributed by atoms with E-state index in [1.807, 2.05) is 67.0 Å². The second-order valence-electron chi connectivity index (χ2n) is 11.7. The molecule has 0 N–H and O–H groups in total. The number of anilines is 1. The maximum Gasteiger partial charge on any atom is 0.246 e. The van der Waals surface area contributed by atoms with Gasteiger partial charge in [0.05, 0.1) is 30.6 Å². The fraction of sp³-hybridized carbons (Fsp3) is 0.378. The number of aryl methyl sites for hydroxylation is 1. The summed E-state index contributed by atoms with van der Waals surface area (Å²) in [5.41, 5.74) is 4.20. The molecule has 48 heavy (non-hydrogen) atoms. The van der Waals surface area contributed by atoms with Crippen molar-refractivity contribution in [2.75, 3.05) is 70.6 Å². The number of halogens is 1. The number of aromatic nitrogens is 3. The van der Waals surface area contributed by atoms with E-state index in [2.05, 4.69) is 27.5 Å². The molecule has 0 spiro atoms. The van der Waals surface area contributed by atoms with Crippen LogP contribution in [0.25, 0.3) is 33.3 Å². The lowest BCUT2D eigenvalue weighted by molar-refractivity contribution is -0.133. The van der Waals surface area contributed by atoms with Crippen LogP contribution in [0.3, 0.4) is 0 Å². The number of hydrogen-bond donors (Lipinski definition) is 0. The average Bonchev–Trinajstić information content (AvgIpc) is 3.46. The van der Waals surface area contributed by atoms with Gasteiger partial charge in [0.15, 0.2) is 0 Å². The topological polar surface area (TPSA) is 85.2 Å². The summed E-state index contributed by atoms with van der Waals surface area (Å²) in [6.07, 6.45) is 7.06. The Morgan fingerprint density at radius 1 is 0.917 bits per heavy atom. The molecule has 0 unspecified atom stereocenters. The van der Waals surface area contributed by atoms with Crippen molar-refractivity contribution in [3.63, 3.8) is 0 Å². The molecule has 1 amide bonds. The van der Waals surface area contributed by atoms with Gasteiger partial charge in [0.25, 0.3) is 0 Å². The predicted molar refractivity (Wildman–Crippen MR) is 186 cm³/mol. The maximum atomic E-state index is 14.5. The Hall–Kier alpha value is -4.74. The van der Waals surface area contributed by atoms with Crippen molar-refractivity contribution in [1.29, 1.82) is 0 Å². The number of hydrogen-bond acceptors (Lipinski definition) is 8. The second-order valence-corrected chi connectivity index (χ2v) is 11.7. The van der Waals surface area contributed by atoms with Crippen molar-refractivity contribution in [3.8, 4) is 33.9 Å². The van der Waals surface area contributed by atoms with E-state index in [1.165, 1.54) is 18.2 Å². The lowest BCUT2D eigenvalue weighted by atomic mass is 10.0. The molecule has 4 aliphatic rings. The van der Waals surface area contributed by atoms with Crippen LogP contribution in [0.1, 0.15) is 13.8 Å². The first-order valence-electron chi connectivity index (χ1n) is 16.6. The van der Waals surface area contributed by atoms with Crippen LogP contribution in [0.4, 0.5) is 10.2 Å². The summed E-state index contributed by atoms with van der Waals surface area (Å²) in [5, 5.41) is 5.43.